The van der Waals surface area contributed by atoms with Crippen molar-refractivity contribution in [3.63, 3.8) is 0 Å². The molecule has 1 aromatic heterocycles. The SMILES string of the molecule is COc1c(C(N)=O)cc(C(C)(C)C)c(-c2c(C(=O)O)[nH]c3ccccc23)c1NS(C)(=O)=O. The Morgan fingerprint density at radius 2 is 1.78 bits per heavy atom. The molecule has 0 aliphatic rings. The maximum Gasteiger partial charge on any atom is 0.352 e. The van der Waals surface area contributed by atoms with E-state index >= 15 is 0 Å². The molecule has 0 spiro atoms. The van der Waals surface area contributed by atoms with E-state index in [1.165, 1.54) is 13.2 Å². The van der Waals surface area contributed by atoms with E-state index in [1.807, 2.05) is 20.8 Å². The number of carboxylic acids is 1. The number of para-hydroxylation sites is 1. The number of methoxy groups -OCH3 is 1. The number of H-pyrrole nitrogens is 1. The number of ether oxygens (including phenoxy) is 1. The number of amides is 1. The molecular weight excluding hydrogens is 434 g/mol. The molecule has 3 aromatic rings. The molecule has 0 radical (unpaired) electrons. The molecule has 2 aromatic carbocycles. The van der Waals surface area contributed by atoms with Crippen LogP contribution in [0.4, 0.5) is 5.69 Å². The number of sulfonamides is 1. The van der Waals surface area contributed by atoms with Gasteiger partial charge in [0, 0.05) is 22.0 Å². The van der Waals surface area contributed by atoms with E-state index in [0.29, 0.717) is 22.0 Å². The van der Waals surface area contributed by atoms with Crippen LogP contribution in [-0.2, 0) is 15.4 Å². The predicted molar refractivity (Wildman–Crippen MR) is 123 cm³/mol. The number of aromatic amines is 1. The molecule has 170 valence electrons. The molecule has 1 amide bonds. The second kappa shape index (κ2) is 7.86. The van der Waals surface area contributed by atoms with E-state index in [1.54, 1.807) is 24.3 Å². The smallest absolute Gasteiger partial charge is 0.352 e. The van der Waals surface area contributed by atoms with Gasteiger partial charge in [-0.25, -0.2) is 13.2 Å². The summed E-state index contributed by atoms with van der Waals surface area (Å²) in [5.41, 5.74) is 6.39. The van der Waals surface area contributed by atoms with E-state index in [2.05, 4.69) is 9.71 Å². The van der Waals surface area contributed by atoms with Crippen molar-refractivity contribution < 1.29 is 27.9 Å². The van der Waals surface area contributed by atoms with Crippen LogP contribution in [0.1, 0.15) is 47.2 Å². The molecule has 0 saturated carbocycles. The third-order valence-electron chi connectivity index (χ3n) is 5.01. The van der Waals surface area contributed by atoms with Crippen LogP contribution in [0.3, 0.4) is 0 Å². The largest absolute Gasteiger partial charge is 0.494 e. The number of primary amides is 1. The third kappa shape index (κ3) is 4.13. The molecule has 32 heavy (non-hydrogen) atoms. The zero-order valence-corrected chi connectivity index (χ0v) is 19.2. The van der Waals surface area contributed by atoms with Gasteiger partial charge in [-0.1, -0.05) is 39.0 Å². The Hall–Kier alpha value is -3.53. The molecule has 0 fully saturated rings. The first-order valence-corrected chi connectivity index (χ1v) is 11.5. The first-order valence-electron chi connectivity index (χ1n) is 9.63. The van der Waals surface area contributed by atoms with E-state index in [0.717, 1.165) is 6.26 Å². The van der Waals surface area contributed by atoms with Gasteiger partial charge in [0.2, 0.25) is 10.0 Å². The molecule has 0 aliphatic carbocycles. The number of hydrogen-bond donors (Lipinski definition) is 4. The van der Waals surface area contributed by atoms with E-state index in [4.69, 9.17) is 10.5 Å². The number of carboxylic acid groups (broad SMARTS) is 1. The highest BCUT2D eigenvalue weighted by atomic mass is 32.2. The highest BCUT2D eigenvalue weighted by Crippen LogP contribution is 2.48. The van der Waals surface area contributed by atoms with Gasteiger partial charge >= 0.3 is 5.97 Å². The molecule has 0 unspecified atom stereocenters. The number of benzene rings is 2. The van der Waals surface area contributed by atoms with Crippen molar-refractivity contribution in [1.82, 2.24) is 4.98 Å². The summed E-state index contributed by atoms with van der Waals surface area (Å²) in [6.07, 6.45) is 0.956. The summed E-state index contributed by atoms with van der Waals surface area (Å²) >= 11 is 0. The topological polar surface area (TPSA) is 152 Å². The number of fused-ring (bicyclic) bond motifs is 1. The number of aromatic nitrogens is 1. The first kappa shape index (κ1) is 23.1. The number of nitrogens with two attached hydrogens (primary N) is 1. The minimum Gasteiger partial charge on any atom is -0.494 e. The number of carbonyl (C=O) groups is 2. The van der Waals surface area contributed by atoms with Crippen LogP contribution in [0.15, 0.2) is 30.3 Å². The Kier molecular flexibility index (Phi) is 5.69. The molecule has 1 heterocycles. The van der Waals surface area contributed by atoms with Gasteiger partial charge in [0.25, 0.3) is 5.91 Å². The number of anilines is 1. The Morgan fingerprint density at radius 1 is 1.16 bits per heavy atom. The van der Waals surface area contributed by atoms with Crippen molar-refractivity contribution in [2.45, 2.75) is 26.2 Å². The average Bonchev–Trinajstić information content (AvgIpc) is 3.04. The monoisotopic (exact) mass is 459 g/mol. The maximum atomic E-state index is 12.3. The van der Waals surface area contributed by atoms with Gasteiger partial charge in [0.1, 0.15) is 5.69 Å². The van der Waals surface area contributed by atoms with Crippen molar-refractivity contribution >= 4 is 38.5 Å². The van der Waals surface area contributed by atoms with Gasteiger partial charge in [0.05, 0.1) is 24.6 Å². The molecule has 10 heteroatoms. The molecule has 5 N–H and O–H groups in total. The van der Waals surface area contributed by atoms with Crippen molar-refractivity contribution in [3.05, 3.63) is 47.2 Å². The fourth-order valence-electron chi connectivity index (χ4n) is 3.76. The number of nitrogens with one attached hydrogen (secondary N) is 2. The van der Waals surface area contributed by atoms with Crippen LogP contribution >= 0.6 is 0 Å². The minimum absolute atomic E-state index is 0.0240. The number of hydrogen-bond acceptors (Lipinski definition) is 5. The second-order valence-corrected chi connectivity index (χ2v) is 10.2. The molecule has 3 rings (SSSR count). The maximum absolute atomic E-state index is 12.3. The summed E-state index contributed by atoms with van der Waals surface area (Å²) in [7, 11) is -2.57. The first-order chi connectivity index (χ1) is 14.8. The minimum atomic E-state index is -3.85. The van der Waals surface area contributed by atoms with Crippen molar-refractivity contribution in [2.24, 2.45) is 5.73 Å². The summed E-state index contributed by atoms with van der Waals surface area (Å²) in [6, 6.07) is 8.49. The Bertz CT molecular complexity index is 1350. The predicted octanol–water partition coefficient (Wildman–Crippen LogP) is 3.31. The van der Waals surface area contributed by atoms with E-state index in [9.17, 15) is 23.1 Å². The summed E-state index contributed by atoms with van der Waals surface area (Å²) in [6.45, 7) is 5.59. The van der Waals surface area contributed by atoms with Gasteiger partial charge in [-0.2, -0.15) is 0 Å². The van der Waals surface area contributed by atoms with Crippen LogP contribution in [0.5, 0.6) is 5.75 Å². The molecular formula is C22H25N3O6S. The second-order valence-electron chi connectivity index (χ2n) is 8.47. The Balaban J connectivity index is 2.66. The normalized spacial score (nSPS) is 12.0. The fraction of sp³-hybridized carbons (Fsp3) is 0.273. The highest BCUT2D eigenvalue weighted by Gasteiger charge is 2.33. The number of rotatable bonds is 6. The van der Waals surface area contributed by atoms with Crippen LogP contribution in [-0.4, -0.2) is 43.8 Å². The lowest BCUT2D eigenvalue weighted by Gasteiger charge is -2.28. The van der Waals surface area contributed by atoms with Gasteiger partial charge in [-0.15, -0.1) is 0 Å². The van der Waals surface area contributed by atoms with E-state index in [-0.39, 0.29) is 28.3 Å². The zero-order valence-electron chi connectivity index (χ0n) is 18.4. The van der Waals surface area contributed by atoms with Gasteiger partial charge in [0.15, 0.2) is 5.75 Å². The van der Waals surface area contributed by atoms with Crippen molar-refractivity contribution in [3.8, 4) is 16.9 Å². The lowest BCUT2D eigenvalue weighted by Crippen LogP contribution is -2.22. The molecule has 9 nitrogen and oxygen atoms in total. The average molecular weight is 460 g/mol. The van der Waals surface area contributed by atoms with Crippen molar-refractivity contribution in [2.75, 3.05) is 18.1 Å². The third-order valence-corrected chi connectivity index (χ3v) is 5.59. The molecule has 0 atom stereocenters. The Labute approximate surface area is 185 Å². The zero-order chi connectivity index (χ0) is 24.0. The number of carbonyl (C=O) groups excluding carboxylic acids is 1. The molecule has 0 saturated heterocycles. The quantitative estimate of drug-likeness (QED) is 0.444. The van der Waals surface area contributed by atoms with Crippen LogP contribution in [0.25, 0.3) is 22.0 Å². The lowest BCUT2D eigenvalue weighted by atomic mass is 9.79. The van der Waals surface area contributed by atoms with Gasteiger partial charge in [-0.3, -0.25) is 9.52 Å². The molecule has 0 bridgehead atoms. The summed E-state index contributed by atoms with van der Waals surface area (Å²) in [4.78, 5) is 27.3. The van der Waals surface area contributed by atoms with Crippen molar-refractivity contribution in [1.29, 1.82) is 0 Å². The number of aromatic carboxylic acids is 1. The van der Waals surface area contributed by atoms with Crippen LogP contribution in [0, 0.1) is 0 Å². The summed E-state index contributed by atoms with van der Waals surface area (Å²) in [5, 5.41) is 10.5. The van der Waals surface area contributed by atoms with Gasteiger partial charge in [-0.05, 0) is 23.1 Å². The fourth-order valence-corrected chi connectivity index (χ4v) is 4.32. The standard InChI is InChI=1S/C22H25N3O6S/c1-22(2,3)13-10-12(20(23)26)19(31-4)17(25-32(5,29)30)16(13)15-11-8-6-7-9-14(11)24-18(15)21(27)28/h6-10,24-25H,1-5H3,(H2,23,26)(H,27,28). The molecule has 0 aliphatic heterocycles. The van der Waals surface area contributed by atoms with Crippen LogP contribution in [0.2, 0.25) is 0 Å². The summed E-state index contributed by atoms with van der Waals surface area (Å²) < 4.78 is 32.5. The summed E-state index contributed by atoms with van der Waals surface area (Å²) in [5.74, 6) is -2.13. The highest BCUT2D eigenvalue weighted by molar-refractivity contribution is 7.92. The lowest BCUT2D eigenvalue weighted by molar-refractivity contribution is 0.0692. The van der Waals surface area contributed by atoms with Gasteiger partial charge < -0.3 is 20.6 Å². The van der Waals surface area contributed by atoms with Crippen LogP contribution < -0.4 is 15.2 Å². The van der Waals surface area contributed by atoms with E-state index < -0.39 is 27.3 Å². The Morgan fingerprint density at radius 3 is 2.28 bits per heavy atom.